The van der Waals surface area contributed by atoms with E-state index in [1.165, 1.54) is 15.5 Å². The molecule has 128 valence electrons. The SMILES string of the molecule is O[C@H](CSc1ccc(Br)cc1)C[NH+]1CCN(c2ccccc2)CC1. The number of quaternary nitrogens is 1. The highest BCUT2D eigenvalue weighted by atomic mass is 79.9. The van der Waals surface area contributed by atoms with Gasteiger partial charge in [0.2, 0.25) is 0 Å². The molecule has 1 aliphatic rings. The van der Waals surface area contributed by atoms with Gasteiger partial charge in [-0.2, -0.15) is 0 Å². The Morgan fingerprint density at radius 2 is 1.71 bits per heavy atom. The van der Waals surface area contributed by atoms with Crippen LogP contribution in [0.25, 0.3) is 0 Å². The molecule has 0 saturated carbocycles. The average Bonchev–Trinajstić information content (AvgIpc) is 2.63. The summed E-state index contributed by atoms with van der Waals surface area (Å²) in [4.78, 5) is 5.15. The number of thioether (sulfide) groups is 1. The molecule has 2 N–H and O–H groups in total. The van der Waals surface area contributed by atoms with E-state index in [4.69, 9.17) is 0 Å². The highest BCUT2D eigenvalue weighted by molar-refractivity contribution is 9.10. The first-order chi connectivity index (χ1) is 11.7. The molecule has 0 spiro atoms. The highest BCUT2D eigenvalue weighted by Crippen LogP contribution is 2.21. The Hall–Kier alpha value is -1.01. The molecule has 3 nitrogen and oxygen atoms in total. The van der Waals surface area contributed by atoms with Gasteiger partial charge < -0.3 is 14.9 Å². The van der Waals surface area contributed by atoms with E-state index < -0.39 is 0 Å². The number of benzene rings is 2. The predicted octanol–water partition coefficient (Wildman–Crippen LogP) is 2.31. The number of halogens is 1. The number of para-hydroxylation sites is 1. The van der Waals surface area contributed by atoms with Crippen LogP contribution in [0.3, 0.4) is 0 Å². The van der Waals surface area contributed by atoms with Gasteiger partial charge in [-0.25, -0.2) is 0 Å². The maximum atomic E-state index is 10.3. The highest BCUT2D eigenvalue weighted by Gasteiger charge is 2.22. The van der Waals surface area contributed by atoms with Gasteiger partial charge in [-0.3, -0.25) is 0 Å². The van der Waals surface area contributed by atoms with Crippen LogP contribution in [0.4, 0.5) is 5.69 Å². The van der Waals surface area contributed by atoms with E-state index in [0.717, 1.165) is 42.9 Å². The third kappa shape index (κ3) is 5.24. The van der Waals surface area contributed by atoms with Crippen LogP contribution < -0.4 is 9.80 Å². The molecule has 1 heterocycles. The molecule has 0 radical (unpaired) electrons. The summed E-state index contributed by atoms with van der Waals surface area (Å²) < 4.78 is 1.09. The number of rotatable bonds is 6. The summed E-state index contributed by atoms with van der Waals surface area (Å²) in [7, 11) is 0. The predicted molar refractivity (Wildman–Crippen MR) is 105 cm³/mol. The third-order valence-electron chi connectivity index (χ3n) is 4.37. The lowest BCUT2D eigenvalue weighted by Gasteiger charge is -2.34. The van der Waals surface area contributed by atoms with Crippen molar-refractivity contribution in [1.29, 1.82) is 0 Å². The van der Waals surface area contributed by atoms with Crippen molar-refractivity contribution in [3.8, 4) is 0 Å². The summed E-state index contributed by atoms with van der Waals surface area (Å²) in [5, 5.41) is 10.3. The number of hydrogen-bond acceptors (Lipinski definition) is 3. The van der Waals surface area contributed by atoms with Gasteiger partial charge in [0.15, 0.2) is 0 Å². The molecule has 0 bridgehead atoms. The van der Waals surface area contributed by atoms with Gasteiger partial charge in [0.25, 0.3) is 0 Å². The zero-order chi connectivity index (χ0) is 16.8. The maximum absolute atomic E-state index is 10.3. The standard InChI is InChI=1S/C19H23BrN2OS/c20-16-6-8-19(9-7-16)24-15-18(23)14-21-10-12-22(13-11-21)17-4-2-1-3-5-17/h1-9,18,23H,10-15H2/p+1/t18-/m0/s1. The Bertz CT molecular complexity index is 615. The molecule has 0 unspecified atom stereocenters. The van der Waals surface area contributed by atoms with E-state index in [2.05, 4.69) is 63.3 Å². The number of anilines is 1. The maximum Gasteiger partial charge on any atom is 0.112 e. The van der Waals surface area contributed by atoms with Crippen LogP contribution in [-0.2, 0) is 0 Å². The van der Waals surface area contributed by atoms with E-state index in [-0.39, 0.29) is 6.10 Å². The topological polar surface area (TPSA) is 27.9 Å². The Morgan fingerprint density at radius 3 is 2.38 bits per heavy atom. The van der Waals surface area contributed by atoms with Crippen molar-refractivity contribution in [2.45, 2.75) is 11.0 Å². The molecular weight excluding hydrogens is 384 g/mol. The lowest BCUT2D eigenvalue weighted by molar-refractivity contribution is -0.903. The molecule has 0 aromatic heterocycles. The van der Waals surface area contributed by atoms with Crippen LogP contribution in [0, 0.1) is 0 Å². The van der Waals surface area contributed by atoms with Crippen LogP contribution in [0.5, 0.6) is 0 Å². The monoisotopic (exact) mass is 407 g/mol. The fourth-order valence-corrected chi connectivity index (χ4v) is 4.14. The summed E-state index contributed by atoms with van der Waals surface area (Å²) in [6, 6.07) is 18.9. The zero-order valence-corrected chi connectivity index (χ0v) is 16.1. The Labute approximate surface area is 156 Å². The van der Waals surface area contributed by atoms with Crippen molar-refractivity contribution in [2.24, 2.45) is 0 Å². The van der Waals surface area contributed by atoms with Crippen LogP contribution in [0.2, 0.25) is 0 Å². The summed E-state index contributed by atoms with van der Waals surface area (Å²) in [5.74, 6) is 0.757. The van der Waals surface area contributed by atoms with Crippen LogP contribution in [0.1, 0.15) is 0 Å². The Balaban J connectivity index is 1.40. The van der Waals surface area contributed by atoms with E-state index in [1.807, 2.05) is 12.1 Å². The van der Waals surface area contributed by atoms with Crippen molar-refractivity contribution < 1.29 is 10.0 Å². The quantitative estimate of drug-likeness (QED) is 0.719. The summed E-state index contributed by atoms with van der Waals surface area (Å²) in [6.07, 6.45) is -0.253. The minimum atomic E-state index is -0.253. The summed E-state index contributed by atoms with van der Waals surface area (Å²) in [6.45, 7) is 5.15. The first kappa shape index (κ1) is 17.8. The fourth-order valence-electron chi connectivity index (χ4n) is 3.04. The number of nitrogens with zero attached hydrogens (tertiary/aromatic N) is 1. The van der Waals surface area contributed by atoms with Crippen molar-refractivity contribution in [2.75, 3.05) is 43.4 Å². The fraction of sp³-hybridized carbons (Fsp3) is 0.368. The second-order valence-corrected chi connectivity index (χ2v) is 8.20. The average molecular weight is 408 g/mol. The molecular formula is C19H24BrN2OS+. The van der Waals surface area contributed by atoms with Crippen LogP contribution in [-0.4, -0.2) is 49.7 Å². The minimum absolute atomic E-state index is 0.253. The Morgan fingerprint density at radius 1 is 1.04 bits per heavy atom. The molecule has 3 rings (SSSR count). The van der Waals surface area contributed by atoms with E-state index in [0.29, 0.717) is 0 Å². The van der Waals surface area contributed by atoms with Gasteiger partial charge in [-0.15, -0.1) is 11.8 Å². The zero-order valence-electron chi connectivity index (χ0n) is 13.7. The Kier molecular flexibility index (Phi) is 6.60. The number of aliphatic hydroxyl groups excluding tert-OH is 1. The van der Waals surface area contributed by atoms with Crippen molar-refractivity contribution in [3.63, 3.8) is 0 Å². The van der Waals surface area contributed by atoms with Gasteiger partial charge in [-0.1, -0.05) is 34.1 Å². The van der Waals surface area contributed by atoms with Gasteiger partial charge >= 0.3 is 0 Å². The van der Waals surface area contributed by atoms with Crippen molar-refractivity contribution >= 4 is 33.4 Å². The van der Waals surface area contributed by atoms with Crippen molar-refractivity contribution in [3.05, 3.63) is 59.1 Å². The number of aliphatic hydroxyl groups is 1. The van der Waals surface area contributed by atoms with Gasteiger partial charge in [-0.05, 0) is 36.4 Å². The lowest BCUT2D eigenvalue weighted by atomic mass is 10.2. The molecule has 1 saturated heterocycles. The number of piperazine rings is 1. The first-order valence-electron chi connectivity index (χ1n) is 8.41. The van der Waals surface area contributed by atoms with Crippen LogP contribution in [0.15, 0.2) is 64.0 Å². The molecule has 0 amide bonds. The van der Waals surface area contributed by atoms with Gasteiger partial charge in [0.1, 0.15) is 12.6 Å². The smallest absolute Gasteiger partial charge is 0.112 e. The largest absolute Gasteiger partial charge is 0.386 e. The summed E-state index contributed by atoms with van der Waals surface area (Å²) >= 11 is 5.18. The lowest BCUT2D eigenvalue weighted by Crippen LogP contribution is -3.15. The second kappa shape index (κ2) is 8.90. The van der Waals surface area contributed by atoms with Gasteiger partial charge in [0.05, 0.1) is 26.2 Å². The van der Waals surface area contributed by atoms with E-state index >= 15 is 0 Å². The normalized spacial score (nSPS) is 17.0. The van der Waals surface area contributed by atoms with E-state index in [9.17, 15) is 5.11 Å². The molecule has 24 heavy (non-hydrogen) atoms. The third-order valence-corrected chi connectivity index (χ3v) is 6.06. The molecule has 5 heteroatoms. The molecule has 0 aliphatic carbocycles. The van der Waals surface area contributed by atoms with Crippen LogP contribution >= 0.6 is 27.7 Å². The van der Waals surface area contributed by atoms with Crippen molar-refractivity contribution in [1.82, 2.24) is 0 Å². The number of hydrogen-bond donors (Lipinski definition) is 2. The van der Waals surface area contributed by atoms with E-state index in [1.54, 1.807) is 11.8 Å². The molecule has 1 fully saturated rings. The molecule has 2 aromatic rings. The minimum Gasteiger partial charge on any atom is -0.386 e. The molecule has 1 aliphatic heterocycles. The first-order valence-corrected chi connectivity index (χ1v) is 10.2. The molecule has 2 aromatic carbocycles. The summed E-state index contributed by atoms with van der Waals surface area (Å²) in [5.41, 5.74) is 1.31. The number of nitrogens with one attached hydrogen (secondary N) is 1. The molecule has 1 atom stereocenters. The second-order valence-electron chi connectivity index (χ2n) is 6.20. The van der Waals surface area contributed by atoms with Gasteiger partial charge in [0, 0.05) is 20.8 Å².